The summed E-state index contributed by atoms with van der Waals surface area (Å²) in [6.45, 7) is 2.37. The minimum absolute atomic E-state index is 0.000153. The van der Waals surface area contributed by atoms with Crippen LogP contribution in [0.1, 0.15) is 36.5 Å². The Morgan fingerprint density at radius 3 is 2.71 bits per heavy atom. The molecule has 0 radical (unpaired) electrons. The molecule has 0 spiro atoms. The molecule has 0 saturated carbocycles. The van der Waals surface area contributed by atoms with Crippen LogP contribution >= 0.6 is 15.9 Å². The third-order valence-electron chi connectivity index (χ3n) is 4.72. The van der Waals surface area contributed by atoms with Crippen LogP contribution in [-0.2, 0) is 10.0 Å². The Bertz CT molecular complexity index is 964. The summed E-state index contributed by atoms with van der Waals surface area (Å²) in [4.78, 5) is 16.7. The van der Waals surface area contributed by atoms with E-state index in [1.54, 1.807) is 18.3 Å². The summed E-state index contributed by atoms with van der Waals surface area (Å²) in [6, 6.07) is 7.72. The number of nitrogens with one attached hydrogen (secondary N) is 1. The van der Waals surface area contributed by atoms with Gasteiger partial charge in [0.15, 0.2) is 0 Å². The molecular weight excluding hydrogens is 446 g/mol. The lowest BCUT2D eigenvalue weighted by molar-refractivity contribution is 0.102. The Morgan fingerprint density at radius 1 is 1.29 bits per heavy atom. The maximum atomic E-state index is 13.2. The van der Waals surface area contributed by atoms with Gasteiger partial charge in [-0.1, -0.05) is 6.42 Å². The highest BCUT2D eigenvalue weighted by atomic mass is 79.9. The molecule has 2 heterocycles. The standard InChI is InChI=1S/C19H22BrN3O4S/c1-13-5-3-4-10-23(13)28(25,26)17-11-14(6-8-16(17)27-2)19(24)22-18-9-7-15(20)12-21-18/h6-9,11-13H,3-5,10H2,1-2H3,(H,21,22,24). The maximum Gasteiger partial charge on any atom is 0.256 e. The number of anilines is 1. The number of sulfonamides is 1. The molecule has 1 atom stereocenters. The van der Waals surface area contributed by atoms with E-state index in [0.29, 0.717) is 12.4 Å². The molecule has 1 unspecified atom stereocenters. The van der Waals surface area contributed by atoms with Gasteiger partial charge in [0, 0.05) is 28.8 Å². The average molecular weight is 468 g/mol. The number of hydrogen-bond donors (Lipinski definition) is 1. The molecule has 1 amide bonds. The number of benzene rings is 1. The van der Waals surface area contributed by atoms with Crippen LogP contribution < -0.4 is 10.1 Å². The quantitative estimate of drug-likeness (QED) is 0.724. The van der Waals surface area contributed by atoms with Crippen molar-refractivity contribution in [3.8, 4) is 5.75 Å². The monoisotopic (exact) mass is 467 g/mol. The smallest absolute Gasteiger partial charge is 0.256 e. The molecule has 0 bridgehead atoms. The predicted octanol–water partition coefficient (Wildman–Crippen LogP) is 3.67. The van der Waals surface area contributed by atoms with Gasteiger partial charge in [0.05, 0.1) is 7.11 Å². The van der Waals surface area contributed by atoms with Gasteiger partial charge in [0.2, 0.25) is 10.0 Å². The van der Waals surface area contributed by atoms with Crippen LogP contribution in [0.15, 0.2) is 45.9 Å². The molecule has 1 saturated heterocycles. The first-order valence-electron chi connectivity index (χ1n) is 8.95. The normalized spacial score (nSPS) is 17.9. The van der Waals surface area contributed by atoms with E-state index >= 15 is 0 Å². The fourth-order valence-electron chi connectivity index (χ4n) is 3.21. The van der Waals surface area contributed by atoms with Crippen molar-refractivity contribution in [2.75, 3.05) is 19.0 Å². The first-order chi connectivity index (χ1) is 13.3. The van der Waals surface area contributed by atoms with Gasteiger partial charge in [-0.3, -0.25) is 4.79 Å². The highest BCUT2D eigenvalue weighted by molar-refractivity contribution is 9.10. The fraction of sp³-hybridized carbons (Fsp3) is 0.368. The summed E-state index contributed by atoms with van der Waals surface area (Å²) in [5, 5.41) is 2.67. The Labute approximate surface area is 173 Å². The van der Waals surface area contributed by atoms with Crippen LogP contribution in [0, 0.1) is 0 Å². The molecule has 1 aliphatic heterocycles. The lowest BCUT2D eigenvalue weighted by Crippen LogP contribution is -2.42. The molecule has 0 aliphatic carbocycles. The van der Waals surface area contributed by atoms with E-state index in [0.717, 1.165) is 23.7 Å². The van der Waals surface area contributed by atoms with Crippen LogP contribution in [0.4, 0.5) is 5.82 Å². The lowest BCUT2D eigenvalue weighted by atomic mass is 10.1. The van der Waals surface area contributed by atoms with E-state index < -0.39 is 15.9 Å². The van der Waals surface area contributed by atoms with E-state index in [1.807, 2.05) is 6.92 Å². The number of pyridine rings is 1. The number of carbonyl (C=O) groups is 1. The van der Waals surface area contributed by atoms with Gasteiger partial charge in [-0.05, 0) is 66.0 Å². The molecule has 9 heteroatoms. The number of aromatic nitrogens is 1. The summed E-state index contributed by atoms with van der Waals surface area (Å²) < 4.78 is 34.0. The van der Waals surface area contributed by atoms with Crippen molar-refractivity contribution in [3.05, 3.63) is 46.6 Å². The lowest BCUT2D eigenvalue weighted by Gasteiger charge is -2.32. The highest BCUT2D eigenvalue weighted by Crippen LogP contribution is 2.31. The van der Waals surface area contributed by atoms with Gasteiger partial charge in [-0.25, -0.2) is 13.4 Å². The Kier molecular flexibility index (Phi) is 6.36. The molecule has 150 valence electrons. The molecule has 7 nitrogen and oxygen atoms in total. The van der Waals surface area contributed by atoms with Gasteiger partial charge >= 0.3 is 0 Å². The number of amides is 1. The van der Waals surface area contributed by atoms with Gasteiger partial charge in [0.25, 0.3) is 5.91 Å². The van der Waals surface area contributed by atoms with E-state index in [4.69, 9.17) is 4.74 Å². The molecule has 1 fully saturated rings. The summed E-state index contributed by atoms with van der Waals surface area (Å²) in [5.41, 5.74) is 0.216. The first-order valence-corrected chi connectivity index (χ1v) is 11.2. The van der Waals surface area contributed by atoms with E-state index in [-0.39, 0.29) is 22.3 Å². The summed E-state index contributed by atoms with van der Waals surface area (Å²) in [5.74, 6) is 0.148. The first kappa shape index (κ1) is 20.8. The van der Waals surface area contributed by atoms with Crippen molar-refractivity contribution in [3.63, 3.8) is 0 Å². The van der Waals surface area contributed by atoms with Gasteiger partial charge in [-0.2, -0.15) is 4.31 Å². The third kappa shape index (κ3) is 4.37. The molecule has 3 rings (SSSR count). The van der Waals surface area contributed by atoms with Gasteiger partial charge in [-0.15, -0.1) is 0 Å². The fourth-order valence-corrected chi connectivity index (χ4v) is 5.33. The molecule has 2 aromatic rings. The summed E-state index contributed by atoms with van der Waals surface area (Å²) in [6.07, 6.45) is 4.21. The van der Waals surface area contributed by atoms with Crippen molar-refractivity contribution in [1.29, 1.82) is 0 Å². The van der Waals surface area contributed by atoms with Crippen LogP contribution in [0.3, 0.4) is 0 Å². The molecule has 1 aliphatic rings. The number of ether oxygens (including phenoxy) is 1. The van der Waals surface area contributed by atoms with Crippen LogP contribution in [0.2, 0.25) is 0 Å². The molecule has 28 heavy (non-hydrogen) atoms. The SMILES string of the molecule is COc1ccc(C(=O)Nc2ccc(Br)cn2)cc1S(=O)(=O)N1CCCCC1C. The third-order valence-corrected chi connectivity index (χ3v) is 7.23. The number of rotatable bonds is 5. The minimum Gasteiger partial charge on any atom is -0.495 e. The Balaban J connectivity index is 1.93. The number of methoxy groups -OCH3 is 1. The van der Waals surface area contributed by atoms with Crippen LogP contribution in [-0.4, -0.2) is 43.3 Å². The second kappa shape index (κ2) is 8.59. The van der Waals surface area contributed by atoms with Gasteiger partial charge < -0.3 is 10.1 Å². The minimum atomic E-state index is -3.78. The molecule has 1 N–H and O–H groups in total. The van der Waals surface area contributed by atoms with Gasteiger partial charge in [0.1, 0.15) is 16.5 Å². The second-order valence-corrected chi connectivity index (χ2v) is 9.42. The number of halogens is 1. The average Bonchev–Trinajstić information content (AvgIpc) is 2.69. The zero-order chi connectivity index (χ0) is 20.3. The topological polar surface area (TPSA) is 88.6 Å². The van der Waals surface area contributed by atoms with Crippen molar-refractivity contribution in [2.24, 2.45) is 0 Å². The molecular formula is C19H22BrN3O4S. The Morgan fingerprint density at radius 2 is 2.07 bits per heavy atom. The number of nitrogens with zero attached hydrogens (tertiary/aromatic N) is 2. The number of carbonyl (C=O) groups excluding carboxylic acids is 1. The Hall–Kier alpha value is -1.97. The van der Waals surface area contributed by atoms with E-state index in [1.165, 1.54) is 29.6 Å². The predicted molar refractivity (Wildman–Crippen MR) is 110 cm³/mol. The second-order valence-electron chi connectivity index (χ2n) is 6.64. The summed E-state index contributed by atoms with van der Waals surface area (Å²) >= 11 is 3.29. The van der Waals surface area contributed by atoms with Crippen LogP contribution in [0.5, 0.6) is 5.75 Å². The zero-order valence-electron chi connectivity index (χ0n) is 15.7. The van der Waals surface area contributed by atoms with E-state index in [9.17, 15) is 13.2 Å². The van der Waals surface area contributed by atoms with Crippen molar-refractivity contribution < 1.29 is 17.9 Å². The number of hydrogen-bond acceptors (Lipinski definition) is 5. The van der Waals surface area contributed by atoms with Crippen molar-refractivity contribution >= 4 is 37.7 Å². The molecule has 1 aromatic heterocycles. The highest BCUT2D eigenvalue weighted by Gasteiger charge is 2.33. The van der Waals surface area contributed by atoms with Crippen molar-refractivity contribution in [1.82, 2.24) is 9.29 Å². The number of piperidine rings is 1. The largest absolute Gasteiger partial charge is 0.495 e. The van der Waals surface area contributed by atoms with Crippen molar-refractivity contribution in [2.45, 2.75) is 37.1 Å². The maximum absolute atomic E-state index is 13.2. The zero-order valence-corrected chi connectivity index (χ0v) is 18.1. The summed E-state index contributed by atoms with van der Waals surface area (Å²) in [7, 11) is -2.37. The molecule has 1 aromatic carbocycles. The van der Waals surface area contributed by atoms with Crippen LogP contribution in [0.25, 0.3) is 0 Å². The van der Waals surface area contributed by atoms with E-state index in [2.05, 4.69) is 26.2 Å².